The number of para-hydroxylation sites is 1. The number of ether oxygens (including phenoxy) is 1. The summed E-state index contributed by atoms with van der Waals surface area (Å²) >= 11 is 0. The monoisotopic (exact) mass is 467 g/mol. The molecular weight excluding hydrogens is 442 g/mol. The Kier molecular flexibility index (Phi) is 5.40. The summed E-state index contributed by atoms with van der Waals surface area (Å²) in [7, 11) is 3.47. The quantitative estimate of drug-likeness (QED) is 0.334. The third-order valence-corrected chi connectivity index (χ3v) is 6.68. The number of hydrogen-bond acceptors (Lipinski definition) is 4. The van der Waals surface area contributed by atoms with E-state index in [0.29, 0.717) is 16.9 Å². The van der Waals surface area contributed by atoms with E-state index in [2.05, 4.69) is 5.32 Å². The van der Waals surface area contributed by atoms with Crippen molar-refractivity contribution in [2.24, 2.45) is 7.05 Å². The molecule has 5 rings (SSSR count). The highest BCUT2D eigenvalue weighted by Crippen LogP contribution is 2.35. The van der Waals surface area contributed by atoms with E-state index in [0.717, 1.165) is 27.1 Å². The number of carbonyl (C=O) groups is 3. The largest absolute Gasteiger partial charge is 0.497 e. The lowest BCUT2D eigenvalue weighted by Gasteiger charge is -2.22. The summed E-state index contributed by atoms with van der Waals surface area (Å²) in [6.45, 7) is 1.29. The van der Waals surface area contributed by atoms with Crippen LogP contribution in [0.1, 0.15) is 22.8 Å². The van der Waals surface area contributed by atoms with Crippen molar-refractivity contribution in [3.05, 3.63) is 90.0 Å². The van der Waals surface area contributed by atoms with E-state index < -0.39 is 17.5 Å². The molecule has 7 heteroatoms. The fraction of sp³-hybridized carbons (Fsp3) is 0.179. The van der Waals surface area contributed by atoms with Crippen molar-refractivity contribution < 1.29 is 19.1 Å². The highest BCUT2D eigenvalue weighted by molar-refractivity contribution is 6.17. The number of aryl methyl sites for hydroxylation is 1. The second-order valence-electron chi connectivity index (χ2n) is 8.76. The SMILES string of the molecule is COc1ccc(C2(C)NC(=O)N(CC(=O)c3c(-c4ccccc4)n(C)c4ccccc34)C2=O)cc1. The maximum Gasteiger partial charge on any atom is 0.325 e. The third-order valence-electron chi connectivity index (χ3n) is 6.68. The molecule has 1 unspecified atom stereocenters. The fourth-order valence-corrected chi connectivity index (χ4v) is 4.79. The average Bonchev–Trinajstić information content (AvgIpc) is 3.30. The van der Waals surface area contributed by atoms with Crippen LogP contribution in [0.25, 0.3) is 22.2 Å². The molecule has 1 aromatic heterocycles. The molecule has 1 N–H and O–H groups in total. The van der Waals surface area contributed by atoms with Gasteiger partial charge in [-0.05, 0) is 36.2 Å². The number of methoxy groups -OCH3 is 1. The van der Waals surface area contributed by atoms with Crippen molar-refractivity contribution in [3.8, 4) is 17.0 Å². The van der Waals surface area contributed by atoms with Crippen molar-refractivity contribution in [1.29, 1.82) is 0 Å². The second kappa shape index (κ2) is 8.43. The van der Waals surface area contributed by atoms with Gasteiger partial charge in [0.1, 0.15) is 11.3 Å². The number of urea groups is 1. The van der Waals surface area contributed by atoms with Gasteiger partial charge in [-0.15, -0.1) is 0 Å². The van der Waals surface area contributed by atoms with Gasteiger partial charge in [0.25, 0.3) is 5.91 Å². The van der Waals surface area contributed by atoms with E-state index in [9.17, 15) is 14.4 Å². The van der Waals surface area contributed by atoms with Gasteiger partial charge in [0.15, 0.2) is 5.78 Å². The lowest BCUT2D eigenvalue weighted by Crippen LogP contribution is -2.41. The van der Waals surface area contributed by atoms with Gasteiger partial charge in [0.2, 0.25) is 0 Å². The standard InChI is InChI=1S/C28H25N3O4/c1-28(19-13-15-20(35-3)16-14-19)26(33)31(27(34)29-28)17-23(32)24-21-11-7-8-12-22(21)30(2)25(24)18-9-5-4-6-10-18/h4-16H,17H2,1-3H3,(H,29,34). The second-order valence-corrected chi connectivity index (χ2v) is 8.76. The van der Waals surface area contributed by atoms with Crippen molar-refractivity contribution >= 4 is 28.6 Å². The zero-order valence-electron chi connectivity index (χ0n) is 19.7. The Balaban J connectivity index is 1.52. The molecule has 0 aliphatic carbocycles. The van der Waals surface area contributed by atoms with Crippen LogP contribution in [-0.4, -0.2) is 40.8 Å². The number of hydrogen-bond donors (Lipinski definition) is 1. The molecule has 1 atom stereocenters. The highest BCUT2D eigenvalue weighted by Gasteiger charge is 2.49. The molecule has 0 radical (unpaired) electrons. The Labute approximate surface area is 202 Å². The van der Waals surface area contributed by atoms with Gasteiger partial charge in [0.05, 0.1) is 24.9 Å². The first-order valence-corrected chi connectivity index (χ1v) is 11.3. The summed E-state index contributed by atoms with van der Waals surface area (Å²) in [6, 6.07) is 23.6. The number of nitrogens with zero attached hydrogens (tertiary/aromatic N) is 2. The lowest BCUT2D eigenvalue weighted by atomic mass is 9.92. The molecule has 4 aromatic rings. The van der Waals surface area contributed by atoms with Crippen LogP contribution < -0.4 is 10.1 Å². The Morgan fingerprint density at radius 2 is 1.60 bits per heavy atom. The van der Waals surface area contributed by atoms with Gasteiger partial charge in [-0.2, -0.15) is 0 Å². The predicted molar refractivity (Wildman–Crippen MR) is 133 cm³/mol. The maximum atomic E-state index is 13.7. The topological polar surface area (TPSA) is 80.6 Å². The van der Waals surface area contributed by atoms with Gasteiger partial charge in [-0.25, -0.2) is 4.79 Å². The van der Waals surface area contributed by atoms with Gasteiger partial charge in [0, 0.05) is 18.0 Å². The van der Waals surface area contributed by atoms with E-state index in [4.69, 9.17) is 4.74 Å². The molecule has 1 fully saturated rings. The Hall–Kier alpha value is -4.39. The number of carbonyl (C=O) groups excluding carboxylic acids is 3. The molecule has 1 aliphatic rings. The molecule has 0 bridgehead atoms. The minimum Gasteiger partial charge on any atom is -0.497 e. The number of rotatable bonds is 6. The molecular formula is C28H25N3O4. The average molecular weight is 468 g/mol. The Morgan fingerprint density at radius 1 is 0.943 bits per heavy atom. The summed E-state index contributed by atoms with van der Waals surface area (Å²) < 4.78 is 7.17. The molecule has 35 heavy (non-hydrogen) atoms. The number of aromatic nitrogens is 1. The van der Waals surface area contributed by atoms with Crippen LogP contribution in [0.4, 0.5) is 4.79 Å². The van der Waals surface area contributed by atoms with Crippen LogP contribution in [0.15, 0.2) is 78.9 Å². The molecule has 2 heterocycles. The molecule has 7 nitrogen and oxygen atoms in total. The molecule has 3 amide bonds. The first-order chi connectivity index (χ1) is 16.8. The summed E-state index contributed by atoms with van der Waals surface area (Å²) in [6.07, 6.45) is 0. The summed E-state index contributed by atoms with van der Waals surface area (Å²) in [5.74, 6) is -0.129. The first kappa shape index (κ1) is 22.4. The number of amides is 3. The van der Waals surface area contributed by atoms with Crippen LogP contribution in [-0.2, 0) is 17.4 Å². The smallest absolute Gasteiger partial charge is 0.325 e. The minimum absolute atomic E-state index is 0.303. The first-order valence-electron chi connectivity index (χ1n) is 11.3. The highest BCUT2D eigenvalue weighted by atomic mass is 16.5. The third kappa shape index (κ3) is 3.56. The van der Waals surface area contributed by atoms with E-state index in [1.165, 1.54) is 0 Å². The predicted octanol–water partition coefficient (Wildman–Crippen LogP) is 4.50. The molecule has 0 saturated carbocycles. The number of benzene rings is 3. The van der Waals surface area contributed by atoms with Gasteiger partial charge in [-0.1, -0.05) is 60.7 Å². The zero-order valence-corrected chi connectivity index (χ0v) is 19.7. The van der Waals surface area contributed by atoms with Crippen LogP contribution >= 0.6 is 0 Å². The van der Waals surface area contributed by atoms with Crippen LogP contribution in [0, 0.1) is 0 Å². The number of nitrogens with one attached hydrogen (secondary N) is 1. The van der Waals surface area contributed by atoms with Gasteiger partial charge >= 0.3 is 6.03 Å². The number of ketones is 1. The Morgan fingerprint density at radius 3 is 2.29 bits per heavy atom. The van der Waals surface area contributed by atoms with Crippen molar-refractivity contribution in [1.82, 2.24) is 14.8 Å². The lowest BCUT2D eigenvalue weighted by molar-refractivity contribution is -0.130. The van der Waals surface area contributed by atoms with Crippen molar-refractivity contribution in [3.63, 3.8) is 0 Å². The summed E-state index contributed by atoms with van der Waals surface area (Å²) in [5, 5.41) is 3.55. The van der Waals surface area contributed by atoms with Crippen LogP contribution in [0.3, 0.4) is 0 Å². The fourth-order valence-electron chi connectivity index (χ4n) is 4.79. The molecule has 1 saturated heterocycles. The zero-order chi connectivity index (χ0) is 24.7. The van der Waals surface area contributed by atoms with Crippen molar-refractivity contribution in [2.45, 2.75) is 12.5 Å². The maximum absolute atomic E-state index is 13.7. The van der Waals surface area contributed by atoms with E-state index >= 15 is 0 Å². The molecule has 3 aromatic carbocycles. The van der Waals surface area contributed by atoms with Crippen LogP contribution in [0.5, 0.6) is 5.75 Å². The number of imide groups is 1. The van der Waals surface area contributed by atoms with Crippen molar-refractivity contribution in [2.75, 3.05) is 13.7 Å². The minimum atomic E-state index is -1.27. The van der Waals surface area contributed by atoms with Crippen LogP contribution in [0.2, 0.25) is 0 Å². The van der Waals surface area contributed by atoms with Gasteiger partial charge in [-0.3, -0.25) is 14.5 Å². The van der Waals surface area contributed by atoms with Gasteiger partial charge < -0.3 is 14.6 Å². The molecule has 176 valence electrons. The number of Topliss-reactive ketones (excluding diaryl/α,β-unsaturated/α-hetero) is 1. The van der Waals surface area contributed by atoms with E-state index in [-0.39, 0.29) is 12.3 Å². The Bertz CT molecular complexity index is 1460. The summed E-state index contributed by atoms with van der Waals surface area (Å²) in [4.78, 5) is 41.1. The summed E-state index contributed by atoms with van der Waals surface area (Å²) in [5.41, 5.74) is 2.37. The molecule has 0 spiro atoms. The van der Waals surface area contributed by atoms with E-state index in [1.807, 2.05) is 66.2 Å². The molecule has 1 aliphatic heterocycles. The van der Waals surface area contributed by atoms with E-state index in [1.54, 1.807) is 38.3 Å². The normalized spacial score (nSPS) is 17.6. The number of fused-ring (bicyclic) bond motifs is 1.